The molecule has 0 aliphatic heterocycles. The average molecular weight is 702 g/mol. The molecule has 0 atom stereocenters. The molecular weight excluding hydrogens is 671 g/mol. The molecule has 8 aromatic carbocycles. The molecule has 12 rings (SSSR count). The van der Waals surface area contributed by atoms with E-state index in [0.29, 0.717) is 5.95 Å². The summed E-state index contributed by atoms with van der Waals surface area (Å²) in [5.41, 5.74) is 11.6. The van der Waals surface area contributed by atoms with Crippen LogP contribution in [0.5, 0.6) is 0 Å². The Hall–Kier alpha value is -7.50. The third-order valence-corrected chi connectivity index (χ3v) is 11.2. The van der Waals surface area contributed by atoms with E-state index in [1.807, 2.05) is 0 Å². The van der Waals surface area contributed by atoms with Crippen LogP contribution in [0.2, 0.25) is 0 Å². The summed E-state index contributed by atoms with van der Waals surface area (Å²) in [6.45, 7) is 0. The van der Waals surface area contributed by atoms with Crippen molar-refractivity contribution in [3.05, 3.63) is 188 Å². The largest absolute Gasteiger partial charge is 0.309 e. The number of nitrogens with zero attached hydrogens (tertiary/aromatic N) is 5. The van der Waals surface area contributed by atoms with Crippen molar-refractivity contribution in [2.75, 3.05) is 0 Å². The summed E-state index contributed by atoms with van der Waals surface area (Å²) in [5, 5.41) is 8.23. The zero-order valence-electron chi connectivity index (χ0n) is 29.6. The first-order valence-corrected chi connectivity index (χ1v) is 18.7. The van der Waals surface area contributed by atoms with Gasteiger partial charge in [0.1, 0.15) is 11.2 Å². The highest BCUT2D eigenvalue weighted by molar-refractivity contribution is 6.26. The van der Waals surface area contributed by atoms with Crippen LogP contribution in [0.25, 0.3) is 105 Å². The minimum absolute atomic E-state index is 0.638. The molecule has 4 aromatic heterocycles. The van der Waals surface area contributed by atoms with E-state index in [1.165, 1.54) is 38.0 Å². The summed E-state index contributed by atoms with van der Waals surface area (Å²) >= 11 is 0. The lowest BCUT2D eigenvalue weighted by molar-refractivity contribution is 1.01. The smallest absolute Gasteiger partial charge is 0.235 e. The summed E-state index contributed by atoms with van der Waals surface area (Å²) in [4.78, 5) is 11.2. The van der Waals surface area contributed by atoms with Gasteiger partial charge in [0.25, 0.3) is 0 Å². The van der Waals surface area contributed by atoms with E-state index < -0.39 is 0 Å². The zero-order chi connectivity index (χ0) is 36.0. The Labute approximate surface area is 315 Å². The second kappa shape index (κ2) is 11.5. The van der Waals surface area contributed by atoms with Gasteiger partial charge in [0.05, 0.1) is 33.1 Å². The van der Waals surface area contributed by atoms with Gasteiger partial charge in [0.15, 0.2) is 0 Å². The fourth-order valence-corrected chi connectivity index (χ4v) is 8.94. The van der Waals surface area contributed by atoms with E-state index in [0.717, 1.165) is 61.0 Å². The SMILES string of the molecule is c1ccc(-c2nc(-n3c4ccccc4c4c3ccc3c5ccccc5n(-c5ccccc5)c34)nc3c4ccc5ccccc5c4n(-c4ccccc4)c23)cc1. The van der Waals surface area contributed by atoms with E-state index in [-0.39, 0.29) is 0 Å². The number of hydrogen-bond acceptors (Lipinski definition) is 2. The minimum atomic E-state index is 0.638. The van der Waals surface area contributed by atoms with Crippen molar-refractivity contribution in [2.45, 2.75) is 0 Å². The molecular formula is C50H31N5. The molecule has 0 saturated carbocycles. The Kier molecular flexibility index (Phi) is 6.27. The van der Waals surface area contributed by atoms with Crippen LogP contribution in [0.15, 0.2) is 188 Å². The van der Waals surface area contributed by atoms with Gasteiger partial charge in [0.2, 0.25) is 5.95 Å². The number of rotatable bonds is 4. The third kappa shape index (κ3) is 4.23. The molecule has 256 valence electrons. The maximum absolute atomic E-state index is 5.61. The predicted octanol–water partition coefficient (Wildman–Crippen LogP) is 12.6. The summed E-state index contributed by atoms with van der Waals surface area (Å²) < 4.78 is 7.06. The highest BCUT2D eigenvalue weighted by atomic mass is 15.2. The van der Waals surface area contributed by atoms with Crippen molar-refractivity contribution in [3.8, 4) is 28.6 Å². The molecule has 0 unspecified atom stereocenters. The zero-order valence-corrected chi connectivity index (χ0v) is 29.6. The fraction of sp³-hybridized carbons (Fsp3) is 0. The lowest BCUT2D eigenvalue weighted by Crippen LogP contribution is -2.05. The molecule has 4 heterocycles. The van der Waals surface area contributed by atoms with Gasteiger partial charge in [-0.15, -0.1) is 0 Å². The van der Waals surface area contributed by atoms with E-state index in [9.17, 15) is 0 Å². The van der Waals surface area contributed by atoms with Crippen LogP contribution in [0, 0.1) is 0 Å². The van der Waals surface area contributed by atoms with Crippen molar-refractivity contribution in [1.29, 1.82) is 0 Å². The number of aromatic nitrogens is 5. The second-order valence-corrected chi connectivity index (χ2v) is 14.2. The number of benzene rings is 8. The minimum Gasteiger partial charge on any atom is -0.309 e. The molecule has 0 bridgehead atoms. The molecule has 55 heavy (non-hydrogen) atoms. The Bertz CT molecular complexity index is 3470. The molecule has 0 N–H and O–H groups in total. The first-order chi connectivity index (χ1) is 27.3. The molecule has 5 nitrogen and oxygen atoms in total. The monoisotopic (exact) mass is 701 g/mol. The Balaban J connectivity index is 1.27. The summed E-state index contributed by atoms with van der Waals surface area (Å²) in [6, 6.07) is 66.9. The van der Waals surface area contributed by atoms with E-state index >= 15 is 0 Å². The topological polar surface area (TPSA) is 40.6 Å². The van der Waals surface area contributed by atoms with Crippen molar-refractivity contribution in [3.63, 3.8) is 0 Å². The van der Waals surface area contributed by atoms with E-state index in [1.54, 1.807) is 0 Å². The Morgan fingerprint density at radius 3 is 1.65 bits per heavy atom. The maximum atomic E-state index is 5.61. The summed E-state index contributed by atoms with van der Waals surface area (Å²) in [7, 11) is 0. The van der Waals surface area contributed by atoms with Crippen LogP contribution in [-0.2, 0) is 0 Å². The highest BCUT2D eigenvalue weighted by Gasteiger charge is 2.25. The van der Waals surface area contributed by atoms with Gasteiger partial charge in [-0.2, -0.15) is 0 Å². The molecule has 0 spiro atoms. The van der Waals surface area contributed by atoms with Gasteiger partial charge in [-0.1, -0.05) is 140 Å². The average Bonchev–Trinajstić information content (AvgIpc) is 3.90. The Morgan fingerprint density at radius 2 is 0.909 bits per heavy atom. The molecule has 0 amide bonds. The molecule has 0 radical (unpaired) electrons. The standard InChI is InChI=1S/C50H31N5/c1-4-17-33(18-5-1)45-49-46(40-29-28-32-16-10-11-23-36(32)47(40)54(49)35-21-8-3-9-22-35)52-50(51-45)55-42-27-15-13-25-39(42)44-43(55)31-30-38-37-24-12-14-26-41(37)53(48(38)44)34-19-6-2-7-20-34/h1-31H. The van der Waals surface area contributed by atoms with Crippen molar-refractivity contribution < 1.29 is 0 Å². The van der Waals surface area contributed by atoms with Crippen LogP contribution in [0.3, 0.4) is 0 Å². The predicted molar refractivity (Wildman–Crippen MR) is 228 cm³/mol. The molecule has 12 aromatic rings. The molecule has 5 heteroatoms. The third-order valence-electron chi connectivity index (χ3n) is 11.2. The molecule has 0 saturated heterocycles. The fourth-order valence-electron chi connectivity index (χ4n) is 8.94. The van der Waals surface area contributed by atoms with Gasteiger partial charge in [-0.05, 0) is 53.9 Å². The van der Waals surface area contributed by atoms with Crippen LogP contribution in [0.1, 0.15) is 0 Å². The highest BCUT2D eigenvalue weighted by Crippen LogP contribution is 2.44. The molecule has 0 aliphatic rings. The van der Waals surface area contributed by atoms with Gasteiger partial charge < -0.3 is 9.13 Å². The van der Waals surface area contributed by atoms with E-state index in [2.05, 4.69) is 202 Å². The number of para-hydroxylation sites is 4. The summed E-state index contributed by atoms with van der Waals surface area (Å²) in [5.74, 6) is 0.638. The number of fused-ring (bicyclic) bond motifs is 12. The second-order valence-electron chi connectivity index (χ2n) is 14.2. The first-order valence-electron chi connectivity index (χ1n) is 18.7. The lowest BCUT2D eigenvalue weighted by Gasteiger charge is -2.14. The van der Waals surface area contributed by atoms with Gasteiger partial charge >= 0.3 is 0 Å². The molecule has 0 fully saturated rings. The maximum Gasteiger partial charge on any atom is 0.235 e. The van der Waals surface area contributed by atoms with Crippen LogP contribution in [-0.4, -0.2) is 23.7 Å². The van der Waals surface area contributed by atoms with Gasteiger partial charge in [-0.3, -0.25) is 4.57 Å². The van der Waals surface area contributed by atoms with Crippen LogP contribution < -0.4 is 0 Å². The first kappa shape index (κ1) is 30.0. The Morgan fingerprint density at radius 1 is 0.327 bits per heavy atom. The normalized spacial score (nSPS) is 12.0. The quantitative estimate of drug-likeness (QED) is 0.183. The van der Waals surface area contributed by atoms with Crippen molar-refractivity contribution in [1.82, 2.24) is 23.7 Å². The van der Waals surface area contributed by atoms with Crippen LogP contribution >= 0.6 is 0 Å². The van der Waals surface area contributed by atoms with Gasteiger partial charge in [-0.25, -0.2) is 9.97 Å². The van der Waals surface area contributed by atoms with Crippen molar-refractivity contribution in [2.24, 2.45) is 0 Å². The number of hydrogen-bond donors (Lipinski definition) is 0. The van der Waals surface area contributed by atoms with Gasteiger partial charge in [0, 0.05) is 49.3 Å². The molecule has 0 aliphatic carbocycles. The van der Waals surface area contributed by atoms with E-state index in [4.69, 9.17) is 9.97 Å². The van der Waals surface area contributed by atoms with Crippen molar-refractivity contribution >= 4 is 76.3 Å². The summed E-state index contributed by atoms with van der Waals surface area (Å²) in [6.07, 6.45) is 0. The van der Waals surface area contributed by atoms with Crippen LogP contribution in [0.4, 0.5) is 0 Å². The lowest BCUT2D eigenvalue weighted by atomic mass is 10.1.